The van der Waals surface area contributed by atoms with Gasteiger partial charge in [0.15, 0.2) is 0 Å². The van der Waals surface area contributed by atoms with Crippen molar-refractivity contribution in [1.29, 1.82) is 0 Å². The number of nitrogens with two attached hydrogens (primary N) is 1. The Bertz CT molecular complexity index is 421. The first-order valence-electron chi connectivity index (χ1n) is 5.76. The molecule has 0 saturated heterocycles. The monoisotopic (exact) mass is 252 g/mol. The SMILES string of the molecule is CN(C)CCN(C)Cc1cc([N+](=O)[O-])ccc1N. The molecule has 6 heteroatoms. The van der Waals surface area contributed by atoms with Crippen LogP contribution in [0.4, 0.5) is 11.4 Å². The fourth-order valence-corrected chi connectivity index (χ4v) is 1.58. The molecule has 0 aliphatic carbocycles. The molecule has 0 aliphatic rings. The third kappa shape index (κ3) is 4.31. The number of hydrogen-bond acceptors (Lipinski definition) is 5. The van der Waals surface area contributed by atoms with E-state index in [1.54, 1.807) is 12.1 Å². The zero-order chi connectivity index (χ0) is 13.7. The minimum absolute atomic E-state index is 0.0835. The molecule has 1 rings (SSSR count). The van der Waals surface area contributed by atoms with E-state index < -0.39 is 4.92 Å². The van der Waals surface area contributed by atoms with Crippen molar-refractivity contribution in [3.8, 4) is 0 Å². The van der Waals surface area contributed by atoms with Crippen LogP contribution in [0.5, 0.6) is 0 Å². The molecule has 6 nitrogen and oxygen atoms in total. The molecule has 0 aliphatic heterocycles. The van der Waals surface area contributed by atoms with Crippen LogP contribution in [0.3, 0.4) is 0 Å². The van der Waals surface area contributed by atoms with E-state index in [-0.39, 0.29) is 5.69 Å². The molecule has 0 aromatic heterocycles. The van der Waals surface area contributed by atoms with Crippen LogP contribution in [0.15, 0.2) is 18.2 Å². The first-order valence-corrected chi connectivity index (χ1v) is 5.76. The predicted molar refractivity (Wildman–Crippen MR) is 72.4 cm³/mol. The van der Waals surface area contributed by atoms with E-state index in [0.29, 0.717) is 12.2 Å². The second kappa shape index (κ2) is 6.32. The van der Waals surface area contributed by atoms with Gasteiger partial charge in [0.2, 0.25) is 0 Å². The molecule has 0 heterocycles. The van der Waals surface area contributed by atoms with Gasteiger partial charge in [0.1, 0.15) is 0 Å². The van der Waals surface area contributed by atoms with Crippen LogP contribution in [-0.2, 0) is 6.54 Å². The molecule has 1 aromatic rings. The lowest BCUT2D eigenvalue weighted by atomic mass is 10.1. The van der Waals surface area contributed by atoms with Gasteiger partial charge in [-0.25, -0.2) is 0 Å². The van der Waals surface area contributed by atoms with Gasteiger partial charge in [0.25, 0.3) is 5.69 Å². The molecule has 100 valence electrons. The highest BCUT2D eigenvalue weighted by molar-refractivity contribution is 5.52. The minimum Gasteiger partial charge on any atom is -0.398 e. The standard InChI is InChI=1S/C12H20N4O2/c1-14(2)6-7-15(3)9-10-8-11(16(17)18)4-5-12(10)13/h4-5,8H,6-7,9,13H2,1-3H3. The Morgan fingerprint density at radius 1 is 1.28 bits per heavy atom. The smallest absolute Gasteiger partial charge is 0.269 e. The molecule has 0 fully saturated rings. The van der Waals surface area contributed by atoms with Crippen molar-refractivity contribution in [3.05, 3.63) is 33.9 Å². The van der Waals surface area contributed by atoms with Gasteiger partial charge in [-0.3, -0.25) is 10.1 Å². The average Bonchev–Trinajstić information content (AvgIpc) is 2.29. The zero-order valence-electron chi connectivity index (χ0n) is 11.1. The molecule has 2 N–H and O–H groups in total. The molecule has 0 amide bonds. The van der Waals surface area contributed by atoms with E-state index in [0.717, 1.165) is 18.7 Å². The summed E-state index contributed by atoms with van der Waals surface area (Å²) in [6.07, 6.45) is 0. The maximum atomic E-state index is 10.7. The predicted octanol–water partition coefficient (Wildman–Crippen LogP) is 1.17. The number of nitrogens with zero attached hydrogens (tertiary/aromatic N) is 3. The lowest BCUT2D eigenvalue weighted by Gasteiger charge is -2.20. The Kier molecular flexibility index (Phi) is 5.06. The van der Waals surface area contributed by atoms with Crippen LogP contribution in [0, 0.1) is 10.1 Å². The number of nitrogen functional groups attached to an aromatic ring is 1. The lowest BCUT2D eigenvalue weighted by molar-refractivity contribution is -0.384. The highest BCUT2D eigenvalue weighted by Crippen LogP contribution is 2.20. The Balaban J connectivity index is 2.71. The van der Waals surface area contributed by atoms with Crippen molar-refractivity contribution < 1.29 is 4.92 Å². The van der Waals surface area contributed by atoms with E-state index in [1.165, 1.54) is 6.07 Å². The fourth-order valence-electron chi connectivity index (χ4n) is 1.58. The minimum atomic E-state index is -0.400. The van der Waals surface area contributed by atoms with Gasteiger partial charge in [0.05, 0.1) is 4.92 Å². The summed E-state index contributed by atoms with van der Waals surface area (Å²) in [5.74, 6) is 0. The van der Waals surface area contributed by atoms with Gasteiger partial charge in [0, 0.05) is 37.5 Å². The van der Waals surface area contributed by atoms with Gasteiger partial charge < -0.3 is 15.5 Å². The number of nitro groups is 1. The summed E-state index contributed by atoms with van der Waals surface area (Å²) >= 11 is 0. The van der Waals surface area contributed by atoms with Crippen LogP contribution < -0.4 is 5.73 Å². The summed E-state index contributed by atoms with van der Waals surface area (Å²) < 4.78 is 0. The van der Waals surface area contributed by atoms with E-state index in [4.69, 9.17) is 5.73 Å². The van der Waals surface area contributed by atoms with Crippen molar-refractivity contribution in [3.63, 3.8) is 0 Å². The van der Waals surface area contributed by atoms with E-state index in [2.05, 4.69) is 9.80 Å². The molecule has 0 radical (unpaired) electrons. The Morgan fingerprint density at radius 3 is 2.50 bits per heavy atom. The van der Waals surface area contributed by atoms with E-state index in [1.807, 2.05) is 21.1 Å². The van der Waals surface area contributed by atoms with Crippen LogP contribution in [-0.4, -0.2) is 49.0 Å². The molecule has 1 aromatic carbocycles. The quantitative estimate of drug-likeness (QED) is 0.467. The summed E-state index contributed by atoms with van der Waals surface area (Å²) in [6.45, 7) is 2.43. The molecular formula is C12H20N4O2. The lowest BCUT2D eigenvalue weighted by Crippen LogP contribution is -2.28. The third-order valence-corrected chi connectivity index (χ3v) is 2.71. The van der Waals surface area contributed by atoms with Crippen molar-refractivity contribution in [2.45, 2.75) is 6.54 Å². The highest BCUT2D eigenvalue weighted by atomic mass is 16.6. The Hall–Kier alpha value is -1.66. The van der Waals surface area contributed by atoms with Crippen LogP contribution in [0.25, 0.3) is 0 Å². The van der Waals surface area contributed by atoms with Crippen molar-refractivity contribution in [2.24, 2.45) is 0 Å². The van der Waals surface area contributed by atoms with Crippen molar-refractivity contribution in [1.82, 2.24) is 9.80 Å². The van der Waals surface area contributed by atoms with Gasteiger partial charge in [-0.15, -0.1) is 0 Å². The Morgan fingerprint density at radius 2 is 1.94 bits per heavy atom. The fraction of sp³-hybridized carbons (Fsp3) is 0.500. The normalized spacial score (nSPS) is 11.2. The van der Waals surface area contributed by atoms with E-state index >= 15 is 0 Å². The van der Waals surface area contributed by atoms with Crippen molar-refractivity contribution >= 4 is 11.4 Å². The molecule has 18 heavy (non-hydrogen) atoms. The summed E-state index contributed by atoms with van der Waals surface area (Å²) in [4.78, 5) is 14.5. The van der Waals surface area contributed by atoms with Gasteiger partial charge in [-0.1, -0.05) is 0 Å². The number of likely N-dealkylation sites (N-methyl/N-ethyl adjacent to an activating group) is 2. The molecule has 0 spiro atoms. The number of benzene rings is 1. The first-order chi connectivity index (χ1) is 8.40. The second-order valence-corrected chi connectivity index (χ2v) is 4.68. The summed E-state index contributed by atoms with van der Waals surface area (Å²) in [5.41, 5.74) is 7.31. The molecular weight excluding hydrogens is 232 g/mol. The molecule has 0 saturated carbocycles. The molecule has 0 unspecified atom stereocenters. The largest absolute Gasteiger partial charge is 0.398 e. The Labute approximate surface area is 107 Å². The maximum absolute atomic E-state index is 10.7. The maximum Gasteiger partial charge on any atom is 0.269 e. The number of non-ortho nitro benzene ring substituents is 1. The van der Waals surface area contributed by atoms with Crippen LogP contribution in [0.1, 0.15) is 5.56 Å². The van der Waals surface area contributed by atoms with Gasteiger partial charge >= 0.3 is 0 Å². The van der Waals surface area contributed by atoms with Crippen LogP contribution in [0.2, 0.25) is 0 Å². The summed E-state index contributed by atoms with van der Waals surface area (Å²) in [7, 11) is 5.99. The van der Waals surface area contributed by atoms with E-state index in [9.17, 15) is 10.1 Å². The molecule has 0 bridgehead atoms. The highest BCUT2D eigenvalue weighted by Gasteiger charge is 2.10. The number of hydrogen-bond donors (Lipinski definition) is 1. The van der Waals surface area contributed by atoms with Crippen LogP contribution >= 0.6 is 0 Å². The number of nitro benzene ring substituents is 1. The molecule has 0 atom stereocenters. The average molecular weight is 252 g/mol. The summed E-state index contributed by atoms with van der Waals surface area (Å²) in [5, 5.41) is 10.7. The zero-order valence-corrected chi connectivity index (χ0v) is 11.1. The topological polar surface area (TPSA) is 75.6 Å². The summed E-state index contributed by atoms with van der Waals surface area (Å²) in [6, 6.07) is 4.56. The first kappa shape index (κ1) is 14.4. The number of rotatable bonds is 6. The van der Waals surface area contributed by atoms with Gasteiger partial charge in [-0.2, -0.15) is 0 Å². The second-order valence-electron chi connectivity index (χ2n) is 4.68. The number of anilines is 1. The third-order valence-electron chi connectivity index (χ3n) is 2.71. The van der Waals surface area contributed by atoms with Crippen molar-refractivity contribution in [2.75, 3.05) is 40.0 Å². The van der Waals surface area contributed by atoms with Gasteiger partial charge in [-0.05, 0) is 32.8 Å².